The Balaban J connectivity index is 2.89. The topological polar surface area (TPSA) is 64.6 Å². The summed E-state index contributed by atoms with van der Waals surface area (Å²) >= 11 is 0. The van der Waals surface area contributed by atoms with Crippen LogP contribution in [0.25, 0.3) is 0 Å². The zero-order chi connectivity index (χ0) is 14.6. The molecule has 0 aromatic carbocycles. The second-order valence-corrected chi connectivity index (χ2v) is 5.16. The van der Waals surface area contributed by atoms with E-state index >= 15 is 0 Å². The summed E-state index contributed by atoms with van der Waals surface area (Å²) in [6.45, 7) is 10.1. The Labute approximate surface area is 115 Å². The highest BCUT2D eigenvalue weighted by atomic mass is 16.5. The molecule has 0 radical (unpaired) electrons. The van der Waals surface area contributed by atoms with Crippen LogP contribution in [0, 0.1) is 17.8 Å². The maximum atomic E-state index is 12.0. The van der Waals surface area contributed by atoms with E-state index in [1.54, 1.807) is 13.8 Å². The molecule has 1 aliphatic heterocycles. The van der Waals surface area contributed by atoms with Crippen molar-refractivity contribution in [3.8, 4) is 0 Å². The molecule has 0 saturated carbocycles. The highest BCUT2D eigenvalue weighted by Gasteiger charge is 2.46. The minimum atomic E-state index is -0.314. The van der Waals surface area contributed by atoms with Crippen LogP contribution in [-0.4, -0.2) is 37.2 Å². The first kappa shape index (κ1) is 16.0. The summed E-state index contributed by atoms with van der Waals surface area (Å²) in [5, 5.41) is 3.29. The predicted octanol–water partition coefficient (Wildman–Crippen LogP) is 1.36. The van der Waals surface area contributed by atoms with Gasteiger partial charge in [-0.2, -0.15) is 0 Å². The minimum Gasteiger partial charge on any atom is -0.466 e. The third-order valence-electron chi connectivity index (χ3n) is 3.85. The van der Waals surface area contributed by atoms with Gasteiger partial charge in [-0.3, -0.25) is 9.59 Å². The maximum Gasteiger partial charge on any atom is 0.310 e. The van der Waals surface area contributed by atoms with Crippen molar-refractivity contribution in [3.63, 3.8) is 0 Å². The molecular weight excluding hydrogens is 246 g/mol. The van der Waals surface area contributed by atoms with Gasteiger partial charge in [-0.15, -0.1) is 0 Å². The normalized spacial score (nSPS) is 34.7. The van der Waals surface area contributed by atoms with E-state index in [0.717, 1.165) is 0 Å². The lowest BCUT2D eigenvalue weighted by Gasteiger charge is -2.42. The Bertz CT molecular complexity index is 301. The van der Waals surface area contributed by atoms with Crippen molar-refractivity contribution in [2.75, 3.05) is 13.2 Å². The van der Waals surface area contributed by atoms with E-state index in [1.165, 1.54) is 0 Å². The summed E-state index contributed by atoms with van der Waals surface area (Å²) in [6.07, 6.45) is 0. The summed E-state index contributed by atoms with van der Waals surface area (Å²) in [4.78, 5) is 24.1. The van der Waals surface area contributed by atoms with Gasteiger partial charge in [0.1, 0.15) is 0 Å². The number of carbonyl (C=O) groups excluding carboxylic acids is 2. The van der Waals surface area contributed by atoms with Crippen molar-refractivity contribution in [1.82, 2.24) is 5.32 Å². The van der Waals surface area contributed by atoms with Gasteiger partial charge in [0.15, 0.2) is 0 Å². The molecule has 1 unspecified atom stereocenters. The van der Waals surface area contributed by atoms with E-state index in [9.17, 15) is 9.59 Å². The molecule has 1 saturated heterocycles. The number of piperidine rings is 1. The molecule has 0 aliphatic carbocycles. The first-order valence-electron chi connectivity index (χ1n) is 7.03. The number of hydrogen-bond acceptors (Lipinski definition) is 5. The van der Waals surface area contributed by atoms with Crippen LogP contribution in [0.3, 0.4) is 0 Å². The van der Waals surface area contributed by atoms with Crippen molar-refractivity contribution >= 4 is 11.9 Å². The van der Waals surface area contributed by atoms with Gasteiger partial charge in [-0.1, -0.05) is 6.92 Å². The summed E-state index contributed by atoms with van der Waals surface area (Å²) in [5.41, 5.74) is 0. The van der Waals surface area contributed by atoms with Crippen LogP contribution in [0.5, 0.6) is 0 Å². The van der Waals surface area contributed by atoms with Crippen LogP contribution < -0.4 is 5.32 Å². The van der Waals surface area contributed by atoms with Crippen LogP contribution in [-0.2, 0) is 19.1 Å². The van der Waals surface area contributed by atoms with Crippen molar-refractivity contribution in [2.45, 2.75) is 46.7 Å². The van der Waals surface area contributed by atoms with Gasteiger partial charge in [-0.25, -0.2) is 0 Å². The highest BCUT2D eigenvalue weighted by Crippen LogP contribution is 2.33. The molecule has 1 heterocycles. The molecule has 5 nitrogen and oxygen atoms in total. The molecule has 0 spiro atoms. The van der Waals surface area contributed by atoms with E-state index < -0.39 is 0 Å². The fourth-order valence-electron chi connectivity index (χ4n) is 3.07. The van der Waals surface area contributed by atoms with Crippen molar-refractivity contribution in [1.29, 1.82) is 0 Å². The van der Waals surface area contributed by atoms with Crippen LogP contribution in [0.4, 0.5) is 0 Å². The lowest BCUT2D eigenvalue weighted by atomic mass is 9.72. The first-order valence-corrected chi connectivity index (χ1v) is 7.03. The predicted molar refractivity (Wildman–Crippen MR) is 71.5 cm³/mol. The SMILES string of the molecule is CCOC(=O)[C@@H]1C(C)[C@@H](C(=O)OCC)[C@@H](C)N[C@H]1C. The van der Waals surface area contributed by atoms with E-state index in [1.807, 2.05) is 20.8 Å². The Morgan fingerprint density at radius 1 is 0.895 bits per heavy atom. The van der Waals surface area contributed by atoms with Gasteiger partial charge < -0.3 is 14.8 Å². The van der Waals surface area contributed by atoms with E-state index in [-0.39, 0.29) is 41.8 Å². The Hall–Kier alpha value is -1.10. The molecule has 0 aromatic heterocycles. The number of esters is 2. The van der Waals surface area contributed by atoms with Crippen LogP contribution >= 0.6 is 0 Å². The summed E-state index contributed by atoms with van der Waals surface area (Å²) in [7, 11) is 0. The molecule has 110 valence electrons. The molecule has 5 heteroatoms. The molecule has 1 aliphatic rings. The molecule has 5 atom stereocenters. The van der Waals surface area contributed by atoms with Crippen molar-refractivity contribution < 1.29 is 19.1 Å². The number of rotatable bonds is 4. The van der Waals surface area contributed by atoms with Gasteiger partial charge in [0.2, 0.25) is 0 Å². The lowest BCUT2D eigenvalue weighted by Crippen LogP contribution is -2.58. The second kappa shape index (κ2) is 6.89. The second-order valence-electron chi connectivity index (χ2n) is 5.16. The Kier molecular flexibility index (Phi) is 5.79. The zero-order valence-corrected chi connectivity index (χ0v) is 12.4. The fourth-order valence-corrected chi connectivity index (χ4v) is 3.07. The third kappa shape index (κ3) is 3.47. The third-order valence-corrected chi connectivity index (χ3v) is 3.85. The monoisotopic (exact) mass is 271 g/mol. The highest BCUT2D eigenvalue weighted by molar-refractivity contribution is 5.78. The molecule has 0 amide bonds. The lowest BCUT2D eigenvalue weighted by molar-refractivity contribution is -0.160. The average Bonchev–Trinajstić information content (AvgIpc) is 2.28. The summed E-state index contributed by atoms with van der Waals surface area (Å²) in [6, 6.07) is -0.00977. The number of hydrogen-bond donors (Lipinski definition) is 1. The molecule has 1 rings (SSSR count). The standard InChI is InChI=1S/C14H25NO4/c1-6-18-13(16)11-8(3)12(14(17)19-7-2)10(5)15-9(11)4/h8-12,15H,6-7H2,1-5H3/t8?,9-,10+,11-,12-/m1/s1. The minimum absolute atomic E-state index is 0.00488. The Morgan fingerprint density at radius 2 is 1.26 bits per heavy atom. The molecule has 0 aromatic rings. The van der Waals surface area contributed by atoms with Crippen LogP contribution in [0.1, 0.15) is 34.6 Å². The van der Waals surface area contributed by atoms with Gasteiger partial charge in [0.05, 0.1) is 25.0 Å². The van der Waals surface area contributed by atoms with Gasteiger partial charge in [0, 0.05) is 12.1 Å². The summed E-state index contributed by atoms with van der Waals surface area (Å²) in [5.74, 6) is -1.20. The van der Waals surface area contributed by atoms with E-state index in [4.69, 9.17) is 9.47 Å². The Morgan fingerprint density at radius 3 is 1.58 bits per heavy atom. The molecular formula is C14H25NO4. The van der Waals surface area contributed by atoms with Crippen LogP contribution in [0.2, 0.25) is 0 Å². The smallest absolute Gasteiger partial charge is 0.310 e. The van der Waals surface area contributed by atoms with Crippen molar-refractivity contribution in [3.05, 3.63) is 0 Å². The van der Waals surface area contributed by atoms with Crippen LogP contribution in [0.15, 0.2) is 0 Å². The maximum absolute atomic E-state index is 12.0. The largest absolute Gasteiger partial charge is 0.466 e. The molecule has 0 bridgehead atoms. The van der Waals surface area contributed by atoms with Crippen molar-refractivity contribution in [2.24, 2.45) is 17.8 Å². The van der Waals surface area contributed by atoms with E-state index in [2.05, 4.69) is 5.32 Å². The molecule has 19 heavy (non-hydrogen) atoms. The number of carbonyl (C=O) groups is 2. The van der Waals surface area contributed by atoms with Gasteiger partial charge in [0.25, 0.3) is 0 Å². The average molecular weight is 271 g/mol. The zero-order valence-electron chi connectivity index (χ0n) is 12.4. The molecule has 1 fully saturated rings. The van der Waals surface area contributed by atoms with Gasteiger partial charge >= 0.3 is 11.9 Å². The van der Waals surface area contributed by atoms with E-state index in [0.29, 0.717) is 13.2 Å². The number of ether oxygens (including phenoxy) is 2. The fraction of sp³-hybridized carbons (Fsp3) is 0.857. The first-order chi connectivity index (χ1) is 8.93. The molecule has 1 N–H and O–H groups in total. The van der Waals surface area contributed by atoms with Gasteiger partial charge in [-0.05, 0) is 33.6 Å². The number of nitrogens with one attached hydrogen (secondary N) is 1. The summed E-state index contributed by atoms with van der Waals surface area (Å²) < 4.78 is 10.2. The quantitative estimate of drug-likeness (QED) is 0.782.